The van der Waals surface area contributed by atoms with Crippen LogP contribution >= 0.6 is 0 Å². The molecule has 0 fully saturated rings. The molecular formula is C23H24N2O4. The molecule has 2 amide bonds. The zero-order valence-corrected chi connectivity index (χ0v) is 16.5. The Hall–Kier alpha value is -3.54. The number of carbonyl (C=O) groups is 2. The molecule has 3 aromatic carbocycles. The molecule has 0 spiro atoms. The van der Waals surface area contributed by atoms with Crippen LogP contribution in [0.5, 0.6) is 11.5 Å². The lowest BCUT2D eigenvalue weighted by atomic mass is 10.1. The number of carbonyl (C=O) groups excluding carboxylic acids is 2. The molecule has 6 nitrogen and oxygen atoms in total. The SMILES string of the molecule is CCc1ccc(OCC(=O)NNC(=O)[C@@H](C)Oc2ccc3ccccc3c2)cc1. The average molecular weight is 392 g/mol. The van der Waals surface area contributed by atoms with Crippen molar-refractivity contribution in [2.45, 2.75) is 26.4 Å². The van der Waals surface area contributed by atoms with E-state index in [0.717, 1.165) is 17.2 Å². The van der Waals surface area contributed by atoms with Crippen molar-refractivity contribution in [2.75, 3.05) is 6.61 Å². The largest absolute Gasteiger partial charge is 0.484 e. The van der Waals surface area contributed by atoms with Crippen LogP contribution in [0.2, 0.25) is 0 Å². The number of benzene rings is 3. The van der Waals surface area contributed by atoms with Gasteiger partial charge in [-0.15, -0.1) is 0 Å². The van der Waals surface area contributed by atoms with Gasteiger partial charge in [0, 0.05) is 0 Å². The van der Waals surface area contributed by atoms with Gasteiger partial charge >= 0.3 is 0 Å². The number of hydrogen-bond acceptors (Lipinski definition) is 4. The number of rotatable bonds is 7. The van der Waals surface area contributed by atoms with Gasteiger partial charge in [0.25, 0.3) is 11.8 Å². The molecule has 3 rings (SSSR count). The van der Waals surface area contributed by atoms with Crippen LogP contribution in [-0.4, -0.2) is 24.5 Å². The number of hydrazine groups is 1. The van der Waals surface area contributed by atoms with Crippen molar-refractivity contribution in [1.82, 2.24) is 10.9 Å². The fourth-order valence-corrected chi connectivity index (χ4v) is 2.74. The highest BCUT2D eigenvalue weighted by Gasteiger charge is 2.15. The summed E-state index contributed by atoms with van der Waals surface area (Å²) in [5.74, 6) is 0.253. The van der Waals surface area contributed by atoms with Crippen LogP contribution < -0.4 is 20.3 Å². The number of aryl methyl sites for hydroxylation is 1. The molecule has 0 radical (unpaired) electrons. The third-order valence-corrected chi connectivity index (χ3v) is 4.43. The van der Waals surface area contributed by atoms with Crippen molar-refractivity contribution in [1.29, 1.82) is 0 Å². The van der Waals surface area contributed by atoms with Crippen molar-refractivity contribution in [3.05, 3.63) is 72.3 Å². The van der Waals surface area contributed by atoms with Gasteiger partial charge in [-0.3, -0.25) is 20.4 Å². The molecule has 0 unspecified atom stereocenters. The van der Waals surface area contributed by atoms with Gasteiger partial charge in [0.05, 0.1) is 0 Å². The minimum absolute atomic E-state index is 0.203. The molecule has 6 heteroatoms. The van der Waals surface area contributed by atoms with E-state index in [9.17, 15) is 9.59 Å². The molecule has 0 aliphatic carbocycles. The summed E-state index contributed by atoms with van der Waals surface area (Å²) in [5, 5.41) is 2.11. The van der Waals surface area contributed by atoms with Crippen molar-refractivity contribution >= 4 is 22.6 Å². The van der Waals surface area contributed by atoms with Crippen LogP contribution in [0.15, 0.2) is 66.7 Å². The van der Waals surface area contributed by atoms with Crippen LogP contribution in [0.3, 0.4) is 0 Å². The summed E-state index contributed by atoms with van der Waals surface area (Å²) < 4.78 is 11.1. The fourth-order valence-electron chi connectivity index (χ4n) is 2.74. The second-order valence-electron chi connectivity index (χ2n) is 6.59. The number of amides is 2. The highest BCUT2D eigenvalue weighted by atomic mass is 16.5. The first kappa shape index (κ1) is 20.2. The van der Waals surface area contributed by atoms with Gasteiger partial charge in [0.2, 0.25) is 0 Å². The molecule has 0 heterocycles. The standard InChI is InChI=1S/C23H24N2O4/c1-3-17-8-11-20(12-9-17)28-15-22(26)24-25-23(27)16(2)29-21-13-10-18-6-4-5-7-19(18)14-21/h4-14,16H,3,15H2,1-2H3,(H,24,26)(H,25,27)/t16-/m1/s1. The Morgan fingerprint density at radius 3 is 2.31 bits per heavy atom. The number of ether oxygens (including phenoxy) is 2. The maximum atomic E-state index is 12.2. The first-order valence-electron chi connectivity index (χ1n) is 9.51. The molecule has 0 saturated heterocycles. The summed E-state index contributed by atoms with van der Waals surface area (Å²) >= 11 is 0. The third-order valence-electron chi connectivity index (χ3n) is 4.43. The van der Waals surface area contributed by atoms with Crippen LogP contribution in [0.1, 0.15) is 19.4 Å². The Morgan fingerprint density at radius 2 is 1.59 bits per heavy atom. The molecule has 3 aromatic rings. The summed E-state index contributed by atoms with van der Waals surface area (Å²) in [6.45, 7) is 3.48. The Kier molecular flexibility index (Phi) is 6.68. The first-order chi connectivity index (χ1) is 14.0. The van der Waals surface area contributed by atoms with Crippen LogP contribution in [-0.2, 0) is 16.0 Å². The van der Waals surface area contributed by atoms with Crippen molar-refractivity contribution in [3.63, 3.8) is 0 Å². The van der Waals surface area contributed by atoms with E-state index in [4.69, 9.17) is 9.47 Å². The van der Waals surface area contributed by atoms with Gasteiger partial charge in [-0.1, -0.05) is 49.4 Å². The molecule has 0 aromatic heterocycles. The molecule has 0 bridgehead atoms. The monoisotopic (exact) mass is 392 g/mol. The lowest BCUT2D eigenvalue weighted by molar-refractivity contribution is -0.133. The summed E-state index contributed by atoms with van der Waals surface area (Å²) in [5.41, 5.74) is 5.87. The zero-order valence-electron chi connectivity index (χ0n) is 16.5. The van der Waals surface area contributed by atoms with E-state index < -0.39 is 17.9 Å². The van der Waals surface area contributed by atoms with E-state index in [1.807, 2.05) is 66.7 Å². The van der Waals surface area contributed by atoms with Crippen molar-refractivity contribution in [2.24, 2.45) is 0 Å². The maximum absolute atomic E-state index is 12.2. The number of hydrogen-bond donors (Lipinski definition) is 2. The van der Waals surface area contributed by atoms with Gasteiger partial charge in [-0.25, -0.2) is 0 Å². The Labute approximate surface area is 169 Å². The minimum atomic E-state index is -0.779. The summed E-state index contributed by atoms with van der Waals surface area (Å²) in [7, 11) is 0. The van der Waals surface area contributed by atoms with Crippen molar-refractivity contribution in [3.8, 4) is 11.5 Å². The molecule has 2 N–H and O–H groups in total. The average Bonchev–Trinajstić information content (AvgIpc) is 2.76. The molecular weight excluding hydrogens is 368 g/mol. The lowest BCUT2D eigenvalue weighted by Gasteiger charge is -2.15. The molecule has 0 saturated carbocycles. The maximum Gasteiger partial charge on any atom is 0.279 e. The minimum Gasteiger partial charge on any atom is -0.484 e. The van der Waals surface area contributed by atoms with Crippen LogP contribution in [0.25, 0.3) is 10.8 Å². The van der Waals surface area contributed by atoms with Gasteiger partial charge in [-0.2, -0.15) is 0 Å². The van der Waals surface area contributed by atoms with E-state index in [1.165, 1.54) is 5.56 Å². The molecule has 0 aliphatic heterocycles. The normalized spacial score (nSPS) is 11.5. The van der Waals surface area contributed by atoms with E-state index in [-0.39, 0.29) is 6.61 Å². The zero-order chi connectivity index (χ0) is 20.6. The van der Waals surface area contributed by atoms with Gasteiger partial charge in [0.1, 0.15) is 11.5 Å². The van der Waals surface area contributed by atoms with E-state index >= 15 is 0 Å². The van der Waals surface area contributed by atoms with Crippen LogP contribution in [0.4, 0.5) is 0 Å². The number of fused-ring (bicyclic) bond motifs is 1. The third kappa shape index (κ3) is 5.72. The van der Waals surface area contributed by atoms with E-state index in [2.05, 4.69) is 17.8 Å². The summed E-state index contributed by atoms with van der Waals surface area (Å²) in [6, 6.07) is 21.0. The quantitative estimate of drug-likeness (QED) is 0.604. The summed E-state index contributed by atoms with van der Waals surface area (Å²) in [6.07, 6.45) is 0.158. The lowest BCUT2D eigenvalue weighted by Crippen LogP contribution is -2.48. The molecule has 150 valence electrons. The molecule has 0 aliphatic rings. The first-order valence-corrected chi connectivity index (χ1v) is 9.51. The number of nitrogens with one attached hydrogen (secondary N) is 2. The highest BCUT2D eigenvalue weighted by molar-refractivity contribution is 5.86. The predicted octanol–water partition coefficient (Wildman–Crippen LogP) is 3.40. The summed E-state index contributed by atoms with van der Waals surface area (Å²) in [4.78, 5) is 24.0. The van der Waals surface area contributed by atoms with Gasteiger partial charge in [-0.05, 0) is 53.9 Å². The van der Waals surface area contributed by atoms with Crippen LogP contribution in [0, 0.1) is 0 Å². The molecule has 1 atom stereocenters. The van der Waals surface area contributed by atoms with E-state index in [1.54, 1.807) is 6.92 Å². The molecule has 29 heavy (non-hydrogen) atoms. The Bertz CT molecular complexity index is 986. The topological polar surface area (TPSA) is 76.7 Å². The fraction of sp³-hybridized carbons (Fsp3) is 0.217. The Balaban J connectivity index is 1.44. The second kappa shape index (κ2) is 9.59. The second-order valence-corrected chi connectivity index (χ2v) is 6.59. The predicted molar refractivity (Wildman–Crippen MR) is 112 cm³/mol. The van der Waals surface area contributed by atoms with Crippen molar-refractivity contribution < 1.29 is 19.1 Å². The van der Waals surface area contributed by atoms with E-state index in [0.29, 0.717) is 11.5 Å². The van der Waals surface area contributed by atoms with Gasteiger partial charge in [0.15, 0.2) is 12.7 Å². The highest BCUT2D eigenvalue weighted by Crippen LogP contribution is 2.21. The Morgan fingerprint density at radius 1 is 0.897 bits per heavy atom. The van der Waals surface area contributed by atoms with Gasteiger partial charge < -0.3 is 9.47 Å². The smallest absolute Gasteiger partial charge is 0.279 e.